The molecular formula is C12H23N3S. The third-order valence-electron chi connectivity index (χ3n) is 2.58. The second-order valence-electron chi connectivity index (χ2n) is 4.23. The van der Waals surface area contributed by atoms with Crippen LogP contribution < -0.4 is 5.32 Å². The molecule has 1 aromatic heterocycles. The number of thioether (sulfide) groups is 1. The fraction of sp³-hybridized carbons (Fsp3) is 0.750. The zero-order valence-electron chi connectivity index (χ0n) is 10.7. The van der Waals surface area contributed by atoms with E-state index in [9.17, 15) is 0 Å². The third-order valence-corrected chi connectivity index (χ3v) is 3.63. The van der Waals surface area contributed by atoms with Crippen molar-refractivity contribution in [3.8, 4) is 0 Å². The highest BCUT2D eigenvalue weighted by Crippen LogP contribution is 2.09. The van der Waals surface area contributed by atoms with Gasteiger partial charge in [-0.3, -0.25) is 4.68 Å². The summed E-state index contributed by atoms with van der Waals surface area (Å²) in [6, 6.07) is 3.10. The molecule has 0 aliphatic heterocycles. The summed E-state index contributed by atoms with van der Waals surface area (Å²) in [6.45, 7) is 6.50. The Morgan fingerprint density at radius 2 is 2.25 bits per heavy atom. The van der Waals surface area contributed by atoms with Crippen LogP contribution in [0.2, 0.25) is 0 Å². The average molecular weight is 241 g/mol. The minimum absolute atomic E-state index is 0.451. The highest BCUT2D eigenvalue weighted by molar-refractivity contribution is 7.99. The molecule has 1 heterocycles. The van der Waals surface area contributed by atoms with Crippen molar-refractivity contribution in [2.75, 3.05) is 18.6 Å². The SMILES string of the molecule is CCSCC(Cc1ccn(C(C)C)n1)NC. The molecule has 0 bridgehead atoms. The Morgan fingerprint density at radius 1 is 1.50 bits per heavy atom. The summed E-state index contributed by atoms with van der Waals surface area (Å²) in [6.07, 6.45) is 3.09. The number of hydrogen-bond donors (Lipinski definition) is 1. The third kappa shape index (κ3) is 4.18. The average Bonchev–Trinajstić information content (AvgIpc) is 2.72. The van der Waals surface area contributed by atoms with Gasteiger partial charge in [0.2, 0.25) is 0 Å². The predicted molar refractivity (Wildman–Crippen MR) is 72.2 cm³/mol. The summed E-state index contributed by atoms with van der Waals surface area (Å²) in [7, 11) is 2.03. The monoisotopic (exact) mass is 241 g/mol. The lowest BCUT2D eigenvalue weighted by Gasteiger charge is -2.13. The van der Waals surface area contributed by atoms with Gasteiger partial charge in [-0.2, -0.15) is 16.9 Å². The molecular weight excluding hydrogens is 218 g/mol. The van der Waals surface area contributed by atoms with Crippen LogP contribution in [-0.2, 0) is 6.42 Å². The van der Waals surface area contributed by atoms with Crippen LogP contribution in [0.15, 0.2) is 12.3 Å². The largest absolute Gasteiger partial charge is 0.316 e. The first-order valence-electron chi connectivity index (χ1n) is 5.96. The van der Waals surface area contributed by atoms with E-state index in [4.69, 9.17) is 0 Å². The van der Waals surface area contributed by atoms with E-state index in [2.05, 4.69) is 43.4 Å². The van der Waals surface area contributed by atoms with Crippen molar-refractivity contribution in [3.05, 3.63) is 18.0 Å². The molecule has 1 unspecified atom stereocenters. The van der Waals surface area contributed by atoms with Gasteiger partial charge in [-0.25, -0.2) is 0 Å². The van der Waals surface area contributed by atoms with Crippen LogP contribution in [-0.4, -0.2) is 34.4 Å². The standard InChI is InChI=1S/C12H23N3S/c1-5-16-9-12(13-4)8-11-6-7-15(14-11)10(2)3/h6-7,10,12-13H,5,8-9H2,1-4H3. The summed E-state index contributed by atoms with van der Waals surface area (Å²) < 4.78 is 2.02. The molecule has 0 fully saturated rings. The zero-order chi connectivity index (χ0) is 12.0. The molecule has 0 saturated carbocycles. The number of likely N-dealkylation sites (N-methyl/N-ethyl adjacent to an activating group) is 1. The molecule has 0 saturated heterocycles. The first kappa shape index (κ1) is 13.6. The van der Waals surface area contributed by atoms with Gasteiger partial charge in [0.15, 0.2) is 0 Å². The minimum atomic E-state index is 0.451. The smallest absolute Gasteiger partial charge is 0.0640 e. The number of aromatic nitrogens is 2. The van der Waals surface area contributed by atoms with Gasteiger partial charge in [0.25, 0.3) is 0 Å². The van der Waals surface area contributed by atoms with E-state index in [1.165, 1.54) is 11.4 Å². The fourth-order valence-corrected chi connectivity index (χ4v) is 2.34. The molecule has 1 N–H and O–H groups in total. The summed E-state index contributed by atoms with van der Waals surface area (Å²) in [5.41, 5.74) is 1.18. The van der Waals surface area contributed by atoms with Crippen molar-refractivity contribution in [2.24, 2.45) is 0 Å². The van der Waals surface area contributed by atoms with Gasteiger partial charge in [-0.15, -0.1) is 0 Å². The van der Waals surface area contributed by atoms with Gasteiger partial charge in [0.05, 0.1) is 5.69 Å². The van der Waals surface area contributed by atoms with Gasteiger partial charge in [-0.1, -0.05) is 6.92 Å². The summed E-state index contributed by atoms with van der Waals surface area (Å²) in [5.74, 6) is 2.33. The van der Waals surface area contributed by atoms with E-state index >= 15 is 0 Å². The Labute approximate surface area is 103 Å². The summed E-state index contributed by atoms with van der Waals surface area (Å²) in [5, 5.41) is 7.93. The zero-order valence-corrected chi connectivity index (χ0v) is 11.5. The predicted octanol–water partition coefficient (Wildman–Crippen LogP) is 2.35. The number of nitrogens with one attached hydrogen (secondary N) is 1. The van der Waals surface area contributed by atoms with E-state index in [-0.39, 0.29) is 0 Å². The molecule has 3 nitrogen and oxygen atoms in total. The van der Waals surface area contributed by atoms with Gasteiger partial charge >= 0.3 is 0 Å². The van der Waals surface area contributed by atoms with E-state index in [1.807, 2.05) is 23.5 Å². The maximum Gasteiger partial charge on any atom is 0.0640 e. The summed E-state index contributed by atoms with van der Waals surface area (Å²) in [4.78, 5) is 0. The number of nitrogens with zero attached hydrogens (tertiary/aromatic N) is 2. The maximum absolute atomic E-state index is 4.57. The molecule has 1 atom stereocenters. The Balaban J connectivity index is 2.49. The second-order valence-corrected chi connectivity index (χ2v) is 5.55. The van der Waals surface area contributed by atoms with Gasteiger partial charge in [-0.05, 0) is 32.7 Å². The molecule has 0 spiro atoms. The van der Waals surface area contributed by atoms with Crippen molar-refractivity contribution in [1.82, 2.24) is 15.1 Å². The van der Waals surface area contributed by atoms with Crippen LogP contribution in [0.5, 0.6) is 0 Å². The molecule has 0 radical (unpaired) electrons. The Hall–Kier alpha value is -0.480. The number of rotatable bonds is 7. The normalized spacial score (nSPS) is 13.3. The molecule has 0 amide bonds. The van der Waals surface area contributed by atoms with Crippen LogP contribution in [0.4, 0.5) is 0 Å². The molecule has 0 aliphatic carbocycles. The van der Waals surface area contributed by atoms with Gasteiger partial charge in [0.1, 0.15) is 0 Å². The highest BCUT2D eigenvalue weighted by Gasteiger charge is 2.09. The number of hydrogen-bond acceptors (Lipinski definition) is 3. The van der Waals surface area contributed by atoms with Crippen molar-refractivity contribution in [1.29, 1.82) is 0 Å². The first-order chi connectivity index (χ1) is 7.67. The molecule has 4 heteroatoms. The molecule has 1 rings (SSSR count). The van der Waals surface area contributed by atoms with Crippen molar-refractivity contribution < 1.29 is 0 Å². The maximum atomic E-state index is 4.57. The van der Waals surface area contributed by atoms with E-state index in [0.717, 1.165) is 12.2 Å². The molecule has 16 heavy (non-hydrogen) atoms. The van der Waals surface area contributed by atoms with Crippen LogP contribution in [0.1, 0.15) is 32.5 Å². The van der Waals surface area contributed by atoms with Crippen LogP contribution in [0.25, 0.3) is 0 Å². The van der Waals surface area contributed by atoms with Crippen LogP contribution in [0.3, 0.4) is 0 Å². The minimum Gasteiger partial charge on any atom is -0.316 e. The molecule has 1 aromatic rings. The quantitative estimate of drug-likeness (QED) is 0.795. The lowest BCUT2D eigenvalue weighted by molar-refractivity contribution is 0.518. The van der Waals surface area contributed by atoms with Crippen molar-refractivity contribution >= 4 is 11.8 Å². The van der Waals surface area contributed by atoms with E-state index in [0.29, 0.717) is 12.1 Å². The Morgan fingerprint density at radius 3 is 2.75 bits per heavy atom. The Kier molecular flexibility index (Phi) is 5.91. The molecule has 0 aromatic carbocycles. The second kappa shape index (κ2) is 6.97. The van der Waals surface area contributed by atoms with Crippen LogP contribution >= 0.6 is 11.8 Å². The van der Waals surface area contributed by atoms with Gasteiger partial charge in [0, 0.05) is 30.5 Å². The first-order valence-corrected chi connectivity index (χ1v) is 7.11. The topological polar surface area (TPSA) is 29.9 Å². The van der Waals surface area contributed by atoms with E-state index in [1.54, 1.807) is 0 Å². The van der Waals surface area contributed by atoms with Crippen LogP contribution in [0, 0.1) is 0 Å². The molecule has 92 valence electrons. The van der Waals surface area contributed by atoms with Gasteiger partial charge < -0.3 is 5.32 Å². The van der Waals surface area contributed by atoms with Crippen molar-refractivity contribution in [2.45, 2.75) is 39.3 Å². The van der Waals surface area contributed by atoms with E-state index < -0.39 is 0 Å². The Bertz CT molecular complexity index is 296. The summed E-state index contributed by atoms with van der Waals surface area (Å²) >= 11 is 1.98. The fourth-order valence-electron chi connectivity index (χ4n) is 1.53. The lowest BCUT2D eigenvalue weighted by atomic mass is 10.2. The highest BCUT2D eigenvalue weighted by atomic mass is 32.2. The lowest BCUT2D eigenvalue weighted by Crippen LogP contribution is -2.30. The molecule has 0 aliphatic rings. The van der Waals surface area contributed by atoms with Crippen molar-refractivity contribution in [3.63, 3.8) is 0 Å².